The minimum absolute atomic E-state index is 0.0365. The number of nitrogens with one attached hydrogen (secondary N) is 2. The molecule has 1 saturated heterocycles. The summed E-state index contributed by atoms with van der Waals surface area (Å²) in [5.74, 6) is -2.43. The molecule has 0 unspecified atom stereocenters. The average molecular weight is 867 g/mol. The number of carbonyl (C=O) groups is 4. The van der Waals surface area contributed by atoms with Crippen LogP contribution in [0.4, 0.5) is 0 Å². The first-order valence-electron chi connectivity index (χ1n) is 22.5. The van der Waals surface area contributed by atoms with Crippen LogP contribution in [0.3, 0.4) is 0 Å². The number of hydrogen-bond donors (Lipinski definition) is 4. The monoisotopic (exact) mass is 866 g/mol. The lowest BCUT2D eigenvalue weighted by Gasteiger charge is -2.31. The Morgan fingerprint density at radius 2 is 1.62 bits per heavy atom. The smallest absolute Gasteiger partial charge is 0.339 e. The standard InChI is InChI=1S/C51H66N2O10/c1-6-8-14-28-51(29-15-9-7-2)61-44-32-39(47(57)52-33-35-18-16-23-38(30-35)48(58)53-40(34-54)26-27-45(56)62-50(3,4)5)31-43(46(44)63-51)60-49(59)41-24-12-10-19-36(41)21-17-22-37-20-11-13-25-42(37)55/h10-13,16-21,23-25,30,32,40,43-44,46,54-55H,6-9,14-15,22,26-29,31,33-34H2,1-5H3,(H,52,57)(H,53,58)/t40-,43+,44+,46-/m0/s1. The Balaban J connectivity index is 1.31. The molecule has 5 rings (SSSR count). The van der Waals surface area contributed by atoms with Crippen LogP contribution in [0.25, 0.3) is 6.08 Å². The molecule has 0 aromatic heterocycles. The van der Waals surface area contributed by atoms with Gasteiger partial charge in [0.2, 0.25) is 5.91 Å². The third-order valence-corrected chi connectivity index (χ3v) is 11.2. The van der Waals surface area contributed by atoms with Gasteiger partial charge in [0, 0.05) is 43.4 Å². The molecule has 4 N–H and O–H groups in total. The highest BCUT2D eigenvalue weighted by atomic mass is 16.8. The number of aliphatic hydroxyl groups excluding tert-OH is 1. The van der Waals surface area contributed by atoms with Gasteiger partial charge in [-0.15, -0.1) is 0 Å². The van der Waals surface area contributed by atoms with Crippen molar-refractivity contribution < 1.29 is 48.3 Å². The highest BCUT2D eigenvalue weighted by Gasteiger charge is 2.52. The van der Waals surface area contributed by atoms with Crippen LogP contribution in [0, 0.1) is 0 Å². The lowest BCUT2D eigenvalue weighted by molar-refractivity contribution is -0.190. The van der Waals surface area contributed by atoms with Gasteiger partial charge in [-0.05, 0) is 93.5 Å². The largest absolute Gasteiger partial charge is 0.508 e. The maximum atomic E-state index is 14.1. The molecule has 1 aliphatic carbocycles. The summed E-state index contributed by atoms with van der Waals surface area (Å²) in [4.78, 5) is 53.5. The fourth-order valence-electron chi connectivity index (χ4n) is 7.91. The second-order valence-electron chi connectivity index (χ2n) is 17.5. The number of ether oxygens (including phenoxy) is 4. The first-order valence-corrected chi connectivity index (χ1v) is 22.5. The number of aliphatic hydroxyl groups is 1. The summed E-state index contributed by atoms with van der Waals surface area (Å²) >= 11 is 0. The molecule has 0 saturated carbocycles. The molecule has 0 bridgehead atoms. The highest BCUT2D eigenvalue weighted by Crippen LogP contribution is 2.43. The van der Waals surface area contributed by atoms with Crippen molar-refractivity contribution in [1.29, 1.82) is 0 Å². The zero-order valence-corrected chi connectivity index (χ0v) is 37.5. The van der Waals surface area contributed by atoms with Crippen molar-refractivity contribution in [2.24, 2.45) is 0 Å². The molecule has 1 heterocycles. The molecule has 12 heteroatoms. The average Bonchev–Trinajstić information content (AvgIpc) is 3.63. The van der Waals surface area contributed by atoms with Crippen molar-refractivity contribution in [3.63, 3.8) is 0 Å². The molecule has 3 aromatic rings. The van der Waals surface area contributed by atoms with E-state index < -0.39 is 53.6 Å². The lowest BCUT2D eigenvalue weighted by atomic mass is 9.91. The Morgan fingerprint density at radius 1 is 0.905 bits per heavy atom. The second-order valence-corrected chi connectivity index (χ2v) is 17.5. The normalized spacial score (nSPS) is 18.6. The Kier molecular flexibility index (Phi) is 18.1. The molecule has 1 aliphatic heterocycles. The maximum absolute atomic E-state index is 14.1. The number of phenols is 1. The van der Waals surface area contributed by atoms with Gasteiger partial charge in [0.05, 0.1) is 18.2 Å². The molecule has 2 aliphatic rings. The van der Waals surface area contributed by atoms with Crippen molar-refractivity contribution in [2.75, 3.05) is 6.61 Å². The van der Waals surface area contributed by atoms with Crippen LogP contribution in [-0.4, -0.2) is 76.3 Å². The van der Waals surface area contributed by atoms with E-state index in [2.05, 4.69) is 24.5 Å². The third kappa shape index (κ3) is 14.6. The van der Waals surface area contributed by atoms with E-state index in [1.807, 2.05) is 36.4 Å². The first kappa shape index (κ1) is 48.7. The number of fused-ring (bicyclic) bond motifs is 1. The number of amides is 2. The number of hydrogen-bond acceptors (Lipinski definition) is 10. The maximum Gasteiger partial charge on any atom is 0.339 e. The summed E-state index contributed by atoms with van der Waals surface area (Å²) in [5, 5.41) is 25.9. The summed E-state index contributed by atoms with van der Waals surface area (Å²) in [5.41, 5.74) is 2.53. The van der Waals surface area contributed by atoms with Crippen LogP contribution in [0.5, 0.6) is 5.75 Å². The van der Waals surface area contributed by atoms with E-state index in [0.29, 0.717) is 47.1 Å². The Bertz CT molecular complexity index is 2060. The fraction of sp³-hybridized carbons (Fsp3) is 0.490. The Morgan fingerprint density at radius 3 is 2.32 bits per heavy atom. The van der Waals surface area contributed by atoms with Gasteiger partial charge >= 0.3 is 11.9 Å². The van der Waals surface area contributed by atoms with E-state index in [9.17, 15) is 29.4 Å². The first-order chi connectivity index (χ1) is 30.2. The number of esters is 2. The van der Waals surface area contributed by atoms with Crippen molar-refractivity contribution in [3.05, 3.63) is 118 Å². The van der Waals surface area contributed by atoms with Gasteiger partial charge in [-0.1, -0.05) is 100 Å². The molecule has 0 radical (unpaired) electrons. The third-order valence-electron chi connectivity index (χ3n) is 11.2. The number of para-hydroxylation sites is 1. The summed E-state index contributed by atoms with van der Waals surface area (Å²) < 4.78 is 25.3. The van der Waals surface area contributed by atoms with Crippen LogP contribution in [0.15, 0.2) is 90.5 Å². The van der Waals surface area contributed by atoms with Crippen LogP contribution < -0.4 is 10.6 Å². The number of benzene rings is 3. The molecular weight excluding hydrogens is 801 g/mol. The molecule has 2 amide bonds. The zero-order valence-electron chi connectivity index (χ0n) is 37.5. The number of unbranched alkanes of at least 4 members (excludes halogenated alkanes) is 4. The second kappa shape index (κ2) is 23.4. The molecule has 63 heavy (non-hydrogen) atoms. The van der Waals surface area contributed by atoms with Gasteiger partial charge in [0.1, 0.15) is 29.7 Å². The fourth-order valence-corrected chi connectivity index (χ4v) is 7.91. The zero-order chi connectivity index (χ0) is 45.4. The molecule has 12 nitrogen and oxygen atoms in total. The summed E-state index contributed by atoms with van der Waals surface area (Å²) in [6.07, 6.45) is 11.6. The minimum Gasteiger partial charge on any atom is -0.508 e. The van der Waals surface area contributed by atoms with E-state index in [0.717, 1.165) is 44.1 Å². The molecule has 3 aromatic carbocycles. The number of rotatable bonds is 22. The quantitative estimate of drug-likeness (QED) is 0.0566. The Hall–Kier alpha value is -5.30. The van der Waals surface area contributed by atoms with Crippen molar-refractivity contribution >= 4 is 29.8 Å². The van der Waals surface area contributed by atoms with Gasteiger partial charge in [0.15, 0.2) is 5.79 Å². The van der Waals surface area contributed by atoms with Gasteiger partial charge in [-0.3, -0.25) is 14.4 Å². The summed E-state index contributed by atoms with van der Waals surface area (Å²) in [6.45, 7) is 9.38. The van der Waals surface area contributed by atoms with E-state index in [4.69, 9.17) is 18.9 Å². The predicted octanol–water partition coefficient (Wildman–Crippen LogP) is 8.67. The predicted molar refractivity (Wildman–Crippen MR) is 242 cm³/mol. The molecule has 0 spiro atoms. The van der Waals surface area contributed by atoms with Gasteiger partial charge in [-0.25, -0.2) is 4.79 Å². The molecular formula is C51H66N2O10. The minimum atomic E-state index is -0.873. The van der Waals surface area contributed by atoms with Crippen molar-refractivity contribution in [1.82, 2.24) is 10.6 Å². The van der Waals surface area contributed by atoms with E-state index in [-0.39, 0.29) is 44.1 Å². The van der Waals surface area contributed by atoms with Crippen molar-refractivity contribution in [3.8, 4) is 5.75 Å². The highest BCUT2D eigenvalue weighted by molar-refractivity contribution is 5.96. The van der Waals surface area contributed by atoms with Crippen LogP contribution >= 0.6 is 0 Å². The van der Waals surface area contributed by atoms with Gasteiger partial charge in [-0.2, -0.15) is 0 Å². The SMILES string of the molecule is CCCCCC1(CCCCC)O[C@@H]2[C@@H](C=C(C(=O)NCc3cccc(C(=O)N[C@H](CO)CCC(=O)OC(C)(C)C)c3)C[C@H]2OC(=O)c2ccccc2C=CCc2ccccc2O)O1. The summed E-state index contributed by atoms with van der Waals surface area (Å²) in [7, 11) is 0. The summed E-state index contributed by atoms with van der Waals surface area (Å²) in [6, 6.07) is 20.4. The van der Waals surface area contributed by atoms with Crippen molar-refractivity contribution in [2.45, 2.75) is 154 Å². The van der Waals surface area contributed by atoms with Crippen LogP contribution in [0.1, 0.15) is 143 Å². The van der Waals surface area contributed by atoms with E-state index >= 15 is 0 Å². The molecule has 1 fully saturated rings. The van der Waals surface area contributed by atoms with Crippen LogP contribution in [-0.2, 0) is 41.5 Å². The number of aromatic hydroxyl groups is 1. The Labute approximate surface area is 372 Å². The number of allylic oxidation sites excluding steroid dienone is 1. The van der Waals surface area contributed by atoms with Gasteiger partial charge in [0.25, 0.3) is 5.91 Å². The topological polar surface area (TPSA) is 170 Å². The van der Waals surface area contributed by atoms with Crippen LogP contribution in [0.2, 0.25) is 0 Å². The number of carbonyl (C=O) groups excluding carboxylic acids is 4. The molecule has 340 valence electrons. The lowest BCUT2D eigenvalue weighted by Crippen LogP contribution is -2.43. The van der Waals surface area contributed by atoms with Gasteiger partial charge < -0.3 is 39.8 Å². The van der Waals surface area contributed by atoms with E-state index in [1.54, 1.807) is 75.4 Å². The number of phenolic OH excluding ortho intramolecular Hbond substituents is 1. The van der Waals surface area contributed by atoms with E-state index in [1.165, 1.54) is 0 Å². The molecule has 4 atom stereocenters.